The van der Waals surface area contributed by atoms with Gasteiger partial charge >= 0.3 is 12.0 Å². The molecular weight excluding hydrogens is 230 g/mol. The summed E-state index contributed by atoms with van der Waals surface area (Å²) in [5, 5.41) is 24.7. The third-order valence-electron chi connectivity index (χ3n) is 1.84. The monoisotopic (exact) mass is 247 g/mol. The first kappa shape index (κ1) is 15.2. The van der Waals surface area contributed by atoms with E-state index < -0.39 is 24.1 Å². The first-order chi connectivity index (χ1) is 7.79. The quantitative estimate of drug-likeness (QED) is 0.380. The van der Waals surface area contributed by atoms with Crippen LogP contribution in [0.25, 0.3) is 0 Å². The fourth-order valence-electron chi connectivity index (χ4n) is 0.811. The molecule has 0 radical (unpaired) electrons. The van der Waals surface area contributed by atoms with E-state index in [9.17, 15) is 19.5 Å². The second-order valence-electron chi connectivity index (χ2n) is 3.57. The van der Waals surface area contributed by atoms with Gasteiger partial charge in [0.1, 0.15) is 0 Å². The van der Waals surface area contributed by atoms with Crippen molar-refractivity contribution in [3.8, 4) is 0 Å². The number of aliphatic carboxylic acids is 1. The predicted octanol–water partition coefficient (Wildman–Crippen LogP) is -1.74. The van der Waals surface area contributed by atoms with Crippen LogP contribution in [0, 0.1) is 0 Å². The third-order valence-corrected chi connectivity index (χ3v) is 1.84. The van der Waals surface area contributed by atoms with Crippen molar-refractivity contribution in [2.45, 2.75) is 19.4 Å². The predicted molar refractivity (Wildman–Crippen MR) is 58.3 cm³/mol. The van der Waals surface area contributed by atoms with Crippen LogP contribution < -0.4 is 16.0 Å². The molecule has 0 aromatic heterocycles. The molecule has 1 unspecified atom stereocenters. The molecule has 0 saturated carbocycles. The van der Waals surface area contributed by atoms with E-state index >= 15 is 0 Å². The Morgan fingerprint density at radius 3 is 2.24 bits per heavy atom. The summed E-state index contributed by atoms with van der Waals surface area (Å²) in [6.07, 6.45) is 0. The summed E-state index contributed by atoms with van der Waals surface area (Å²) in [5.74, 6) is -1.80. The molecular formula is C9H17N3O5. The Kier molecular flexibility index (Phi) is 5.97. The molecule has 0 heterocycles. The highest BCUT2D eigenvalue weighted by Gasteiger charge is 2.30. The molecule has 3 amide bonds. The molecule has 0 bridgehead atoms. The van der Waals surface area contributed by atoms with Crippen LogP contribution in [0.2, 0.25) is 0 Å². The zero-order valence-electron chi connectivity index (χ0n) is 9.74. The fraction of sp³-hybridized carbons (Fsp3) is 0.667. The van der Waals surface area contributed by atoms with Crippen molar-refractivity contribution in [1.82, 2.24) is 16.0 Å². The molecule has 0 aliphatic rings. The van der Waals surface area contributed by atoms with Crippen LogP contribution in [-0.2, 0) is 9.59 Å². The van der Waals surface area contributed by atoms with Crippen LogP contribution in [0.3, 0.4) is 0 Å². The molecule has 17 heavy (non-hydrogen) atoms. The number of rotatable bonds is 6. The normalized spacial score (nSPS) is 13.4. The maximum atomic E-state index is 11.1. The van der Waals surface area contributed by atoms with E-state index in [2.05, 4.69) is 16.0 Å². The zero-order valence-corrected chi connectivity index (χ0v) is 9.74. The molecule has 0 aliphatic carbocycles. The van der Waals surface area contributed by atoms with Gasteiger partial charge in [0.15, 0.2) is 5.60 Å². The number of aliphatic hydroxyl groups is 1. The molecule has 0 spiro atoms. The number of urea groups is 1. The molecule has 0 aliphatic heterocycles. The maximum absolute atomic E-state index is 11.1. The summed E-state index contributed by atoms with van der Waals surface area (Å²) in [4.78, 5) is 32.6. The first-order valence-corrected chi connectivity index (χ1v) is 5.03. The average molecular weight is 247 g/mol. The van der Waals surface area contributed by atoms with Crippen LogP contribution in [0.15, 0.2) is 0 Å². The first-order valence-electron chi connectivity index (χ1n) is 5.03. The minimum absolute atomic E-state index is 0.213. The molecule has 0 aromatic rings. The van der Waals surface area contributed by atoms with Crippen LogP contribution in [0.4, 0.5) is 4.79 Å². The molecule has 0 rings (SSSR count). The topological polar surface area (TPSA) is 128 Å². The number of hydrogen-bond donors (Lipinski definition) is 5. The second kappa shape index (κ2) is 6.69. The number of carboxylic acid groups (broad SMARTS) is 1. The zero-order chi connectivity index (χ0) is 13.5. The lowest BCUT2D eigenvalue weighted by Gasteiger charge is -2.18. The Labute approximate surface area is 98.4 Å². The number of carbonyl (C=O) groups is 3. The second-order valence-corrected chi connectivity index (χ2v) is 3.57. The van der Waals surface area contributed by atoms with Gasteiger partial charge in [0, 0.05) is 6.54 Å². The largest absolute Gasteiger partial charge is 0.479 e. The molecule has 5 N–H and O–H groups in total. The Morgan fingerprint density at radius 1 is 1.18 bits per heavy atom. The Balaban J connectivity index is 3.88. The van der Waals surface area contributed by atoms with Gasteiger partial charge in [-0.25, -0.2) is 9.59 Å². The molecule has 0 saturated heterocycles. The van der Waals surface area contributed by atoms with Gasteiger partial charge in [0.25, 0.3) is 0 Å². The highest BCUT2D eigenvalue weighted by Crippen LogP contribution is 2.00. The van der Waals surface area contributed by atoms with Gasteiger partial charge in [-0.1, -0.05) is 0 Å². The standard InChI is InChI=1S/C9H17N3O5/c1-3-10-6(13)4-11-8(16)12-5-9(2,17)7(14)15/h17H,3-5H2,1-2H3,(H,10,13)(H,14,15)(H2,11,12,16). The third kappa shape index (κ3) is 6.36. The number of hydrogen-bond acceptors (Lipinski definition) is 4. The minimum atomic E-state index is -2.04. The number of carboxylic acids is 1. The van der Waals surface area contributed by atoms with Gasteiger partial charge in [-0.3, -0.25) is 4.79 Å². The Bertz CT molecular complexity index is 303. The van der Waals surface area contributed by atoms with Crippen LogP contribution in [0.1, 0.15) is 13.8 Å². The van der Waals surface area contributed by atoms with Gasteiger partial charge < -0.3 is 26.2 Å². The molecule has 8 heteroatoms. The molecule has 0 fully saturated rings. The highest BCUT2D eigenvalue weighted by atomic mass is 16.4. The van der Waals surface area contributed by atoms with Crippen molar-refractivity contribution in [3.63, 3.8) is 0 Å². The SMILES string of the molecule is CCNC(=O)CNC(=O)NCC(C)(O)C(=O)O. The van der Waals surface area contributed by atoms with Gasteiger partial charge in [-0.05, 0) is 13.8 Å². The smallest absolute Gasteiger partial charge is 0.337 e. The lowest BCUT2D eigenvalue weighted by atomic mass is 10.1. The molecule has 8 nitrogen and oxygen atoms in total. The summed E-state index contributed by atoms with van der Waals surface area (Å²) in [7, 11) is 0. The van der Waals surface area contributed by atoms with Gasteiger partial charge in [-0.2, -0.15) is 0 Å². The van der Waals surface area contributed by atoms with Gasteiger partial charge in [0.05, 0.1) is 13.1 Å². The van der Waals surface area contributed by atoms with E-state index in [-0.39, 0.29) is 12.5 Å². The lowest BCUT2D eigenvalue weighted by molar-refractivity contribution is -0.155. The van der Waals surface area contributed by atoms with E-state index in [4.69, 9.17) is 5.11 Å². The number of amides is 3. The van der Waals surface area contributed by atoms with Crippen molar-refractivity contribution in [2.75, 3.05) is 19.6 Å². The van der Waals surface area contributed by atoms with E-state index in [0.29, 0.717) is 6.54 Å². The van der Waals surface area contributed by atoms with E-state index in [1.165, 1.54) is 0 Å². The summed E-state index contributed by atoms with van der Waals surface area (Å²) < 4.78 is 0. The van der Waals surface area contributed by atoms with Crippen molar-refractivity contribution in [3.05, 3.63) is 0 Å². The van der Waals surface area contributed by atoms with Crippen LogP contribution in [0.5, 0.6) is 0 Å². The summed E-state index contributed by atoms with van der Waals surface area (Å²) >= 11 is 0. The lowest BCUT2D eigenvalue weighted by Crippen LogP contribution is -2.50. The molecule has 98 valence electrons. The highest BCUT2D eigenvalue weighted by molar-refractivity contribution is 5.84. The van der Waals surface area contributed by atoms with Crippen molar-refractivity contribution < 1.29 is 24.6 Å². The number of nitrogens with one attached hydrogen (secondary N) is 3. The Morgan fingerprint density at radius 2 is 1.76 bits per heavy atom. The van der Waals surface area contributed by atoms with E-state index in [1.807, 2.05) is 0 Å². The van der Waals surface area contributed by atoms with E-state index in [0.717, 1.165) is 6.92 Å². The van der Waals surface area contributed by atoms with E-state index in [1.54, 1.807) is 6.92 Å². The van der Waals surface area contributed by atoms with Crippen molar-refractivity contribution in [2.24, 2.45) is 0 Å². The average Bonchev–Trinajstić information content (AvgIpc) is 2.24. The van der Waals surface area contributed by atoms with Crippen LogP contribution >= 0.6 is 0 Å². The summed E-state index contributed by atoms with van der Waals surface area (Å²) in [6, 6.07) is -0.724. The Hall–Kier alpha value is -1.83. The van der Waals surface area contributed by atoms with Crippen molar-refractivity contribution in [1.29, 1.82) is 0 Å². The van der Waals surface area contributed by atoms with Crippen LogP contribution in [-0.4, -0.2) is 53.4 Å². The summed E-state index contributed by atoms with van der Waals surface area (Å²) in [6.45, 7) is 2.58. The van der Waals surface area contributed by atoms with Gasteiger partial charge in [0.2, 0.25) is 5.91 Å². The minimum Gasteiger partial charge on any atom is -0.479 e. The number of likely N-dealkylation sites (N-methyl/N-ethyl adjacent to an activating group) is 1. The molecule has 1 atom stereocenters. The maximum Gasteiger partial charge on any atom is 0.337 e. The number of carbonyl (C=O) groups excluding carboxylic acids is 2. The molecule has 0 aromatic carbocycles. The van der Waals surface area contributed by atoms with Crippen molar-refractivity contribution >= 4 is 17.9 Å². The van der Waals surface area contributed by atoms with Gasteiger partial charge in [-0.15, -0.1) is 0 Å². The fourth-order valence-corrected chi connectivity index (χ4v) is 0.811. The summed E-state index contributed by atoms with van der Waals surface area (Å²) in [5.41, 5.74) is -2.04.